The molecule has 1 unspecified atom stereocenters. The van der Waals surface area contributed by atoms with Gasteiger partial charge in [-0.15, -0.1) is 11.6 Å². The predicted octanol–water partition coefficient (Wildman–Crippen LogP) is 5.22. The maximum atomic E-state index is 13.7. The van der Waals surface area contributed by atoms with E-state index in [4.69, 9.17) is 11.6 Å². The molecule has 0 bridgehead atoms. The lowest BCUT2D eigenvalue weighted by Gasteiger charge is -2.20. The Morgan fingerprint density at radius 1 is 1.35 bits per heavy atom. The molecule has 0 N–H and O–H groups in total. The quantitative estimate of drug-likeness (QED) is 0.710. The van der Waals surface area contributed by atoms with E-state index in [2.05, 4.69) is 30.3 Å². The van der Waals surface area contributed by atoms with Crippen LogP contribution in [0.1, 0.15) is 50.9 Å². The van der Waals surface area contributed by atoms with E-state index in [-0.39, 0.29) is 16.6 Å². The van der Waals surface area contributed by atoms with Gasteiger partial charge in [0.25, 0.3) is 0 Å². The van der Waals surface area contributed by atoms with E-state index in [0.717, 1.165) is 24.3 Å². The highest BCUT2D eigenvalue weighted by Crippen LogP contribution is 2.28. The third-order valence-corrected chi connectivity index (χ3v) is 3.69. The maximum absolute atomic E-state index is 13.7. The van der Waals surface area contributed by atoms with Gasteiger partial charge in [0.2, 0.25) is 0 Å². The number of hydrogen-bond donors (Lipinski definition) is 0. The standard InChI is InChI=1S/C16H22ClFN2/c1-10-8-14-13(9-12(10)18)19-15(11(2)17)20(14)7-6-16(3,4)5/h8-9,11H,6-7H2,1-5H3. The van der Waals surface area contributed by atoms with Crippen LogP contribution in [0.25, 0.3) is 11.0 Å². The largest absolute Gasteiger partial charge is 0.327 e. The molecule has 1 aromatic heterocycles. The van der Waals surface area contributed by atoms with Crippen molar-refractivity contribution in [3.8, 4) is 0 Å². The van der Waals surface area contributed by atoms with E-state index in [1.807, 2.05) is 13.0 Å². The predicted molar refractivity (Wildman–Crippen MR) is 82.8 cm³/mol. The van der Waals surface area contributed by atoms with E-state index in [9.17, 15) is 4.39 Å². The summed E-state index contributed by atoms with van der Waals surface area (Å²) in [4.78, 5) is 4.51. The Bertz CT molecular complexity index is 623. The Morgan fingerprint density at radius 3 is 2.55 bits per heavy atom. The molecule has 2 rings (SSSR count). The number of benzene rings is 1. The smallest absolute Gasteiger partial charge is 0.128 e. The summed E-state index contributed by atoms with van der Waals surface area (Å²) in [6, 6.07) is 3.37. The highest BCUT2D eigenvalue weighted by atomic mass is 35.5. The molecule has 1 heterocycles. The molecule has 0 saturated heterocycles. The molecule has 0 spiro atoms. The lowest BCUT2D eigenvalue weighted by Crippen LogP contribution is -2.12. The number of imidazole rings is 1. The first-order chi connectivity index (χ1) is 9.19. The van der Waals surface area contributed by atoms with Crippen LogP contribution in [0.15, 0.2) is 12.1 Å². The summed E-state index contributed by atoms with van der Waals surface area (Å²) in [5, 5.41) is -0.189. The summed E-state index contributed by atoms with van der Waals surface area (Å²) < 4.78 is 15.8. The molecule has 0 aliphatic heterocycles. The minimum Gasteiger partial charge on any atom is -0.327 e. The molecule has 2 nitrogen and oxygen atoms in total. The topological polar surface area (TPSA) is 17.8 Å². The Kier molecular flexibility index (Phi) is 4.10. The van der Waals surface area contributed by atoms with Crippen LogP contribution >= 0.6 is 11.6 Å². The molecule has 110 valence electrons. The second kappa shape index (κ2) is 5.36. The molecule has 0 fully saturated rings. The summed E-state index contributed by atoms with van der Waals surface area (Å²) in [5.74, 6) is 0.600. The van der Waals surface area contributed by atoms with Crippen LogP contribution in [0.4, 0.5) is 4.39 Å². The van der Waals surface area contributed by atoms with Gasteiger partial charge in [-0.05, 0) is 37.3 Å². The van der Waals surface area contributed by atoms with E-state index in [1.165, 1.54) is 6.07 Å². The number of aryl methyl sites for hydroxylation is 2. The van der Waals surface area contributed by atoms with Gasteiger partial charge in [-0.3, -0.25) is 0 Å². The van der Waals surface area contributed by atoms with Gasteiger partial charge >= 0.3 is 0 Å². The van der Waals surface area contributed by atoms with Crippen molar-refractivity contribution in [1.82, 2.24) is 9.55 Å². The van der Waals surface area contributed by atoms with E-state index in [0.29, 0.717) is 11.1 Å². The lowest BCUT2D eigenvalue weighted by atomic mass is 9.92. The fourth-order valence-electron chi connectivity index (χ4n) is 2.25. The molecule has 1 atom stereocenters. The molecule has 0 aliphatic rings. The normalized spacial score (nSPS) is 13.9. The van der Waals surface area contributed by atoms with Crippen molar-refractivity contribution < 1.29 is 4.39 Å². The fourth-order valence-corrected chi connectivity index (χ4v) is 2.42. The summed E-state index contributed by atoms with van der Waals surface area (Å²) in [6.45, 7) is 11.2. The van der Waals surface area contributed by atoms with Crippen molar-refractivity contribution in [3.63, 3.8) is 0 Å². The van der Waals surface area contributed by atoms with Crippen LogP contribution in [0.3, 0.4) is 0 Å². The van der Waals surface area contributed by atoms with E-state index >= 15 is 0 Å². The first-order valence-corrected chi connectivity index (χ1v) is 7.43. The van der Waals surface area contributed by atoms with Crippen LogP contribution in [0.5, 0.6) is 0 Å². The Labute approximate surface area is 125 Å². The number of rotatable bonds is 3. The summed E-state index contributed by atoms with van der Waals surface area (Å²) in [7, 11) is 0. The van der Waals surface area contributed by atoms with Gasteiger partial charge in [0.05, 0.1) is 16.4 Å². The minimum absolute atomic E-state index is 0.189. The van der Waals surface area contributed by atoms with Gasteiger partial charge in [0.15, 0.2) is 0 Å². The zero-order valence-electron chi connectivity index (χ0n) is 12.8. The van der Waals surface area contributed by atoms with Crippen LogP contribution in [-0.4, -0.2) is 9.55 Å². The van der Waals surface area contributed by atoms with Gasteiger partial charge in [0.1, 0.15) is 11.6 Å². The number of aromatic nitrogens is 2. The summed E-state index contributed by atoms with van der Waals surface area (Å²) >= 11 is 6.23. The third kappa shape index (κ3) is 3.14. The molecule has 20 heavy (non-hydrogen) atoms. The summed E-state index contributed by atoms with van der Waals surface area (Å²) in [5.41, 5.74) is 2.53. The van der Waals surface area contributed by atoms with Crippen LogP contribution in [-0.2, 0) is 6.54 Å². The number of alkyl halides is 1. The summed E-state index contributed by atoms with van der Waals surface area (Å²) in [6.07, 6.45) is 1.02. The number of fused-ring (bicyclic) bond motifs is 1. The SMILES string of the molecule is Cc1cc2c(cc1F)nc(C(C)Cl)n2CCC(C)(C)C. The van der Waals surface area contributed by atoms with E-state index < -0.39 is 0 Å². The van der Waals surface area contributed by atoms with Crippen molar-refractivity contribution in [2.45, 2.75) is 53.0 Å². The molecule has 0 saturated carbocycles. The number of nitrogens with zero attached hydrogens (tertiary/aromatic N) is 2. The van der Waals surface area contributed by atoms with Crippen molar-refractivity contribution in [2.75, 3.05) is 0 Å². The van der Waals surface area contributed by atoms with Gasteiger partial charge in [-0.2, -0.15) is 0 Å². The molecular weight excluding hydrogens is 275 g/mol. The van der Waals surface area contributed by atoms with Gasteiger partial charge in [0, 0.05) is 12.6 Å². The second-order valence-corrected chi connectivity index (χ2v) is 7.29. The van der Waals surface area contributed by atoms with Crippen molar-refractivity contribution in [1.29, 1.82) is 0 Å². The van der Waals surface area contributed by atoms with Crippen LogP contribution in [0, 0.1) is 18.2 Å². The van der Waals surface area contributed by atoms with Crippen molar-refractivity contribution in [2.24, 2.45) is 5.41 Å². The Balaban J connectivity index is 2.53. The molecule has 0 radical (unpaired) electrons. The second-order valence-electron chi connectivity index (χ2n) is 6.64. The van der Waals surface area contributed by atoms with E-state index in [1.54, 1.807) is 6.92 Å². The first kappa shape index (κ1) is 15.3. The maximum Gasteiger partial charge on any atom is 0.128 e. The average molecular weight is 297 g/mol. The molecule has 2 aromatic rings. The average Bonchev–Trinajstić information content (AvgIpc) is 2.64. The zero-order chi connectivity index (χ0) is 15.1. The number of halogens is 2. The van der Waals surface area contributed by atoms with Crippen LogP contribution in [0.2, 0.25) is 0 Å². The van der Waals surface area contributed by atoms with Crippen LogP contribution < -0.4 is 0 Å². The molecule has 4 heteroatoms. The molecule has 0 amide bonds. The van der Waals surface area contributed by atoms with Gasteiger partial charge < -0.3 is 4.57 Å². The molecular formula is C16H22ClFN2. The van der Waals surface area contributed by atoms with Gasteiger partial charge in [-0.25, -0.2) is 9.37 Å². The van der Waals surface area contributed by atoms with Crippen molar-refractivity contribution >= 4 is 22.6 Å². The highest BCUT2D eigenvalue weighted by molar-refractivity contribution is 6.20. The third-order valence-electron chi connectivity index (χ3n) is 3.50. The fraction of sp³-hybridized carbons (Fsp3) is 0.562. The molecule has 0 aliphatic carbocycles. The van der Waals surface area contributed by atoms with Gasteiger partial charge in [-0.1, -0.05) is 20.8 Å². The minimum atomic E-state index is -0.216. The molecule has 1 aromatic carbocycles. The Hall–Kier alpha value is -1.09. The highest BCUT2D eigenvalue weighted by Gasteiger charge is 2.18. The zero-order valence-corrected chi connectivity index (χ0v) is 13.6. The number of hydrogen-bond acceptors (Lipinski definition) is 1. The van der Waals surface area contributed by atoms with Crippen molar-refractivity contribution in [3.05, 3.63) is 29.3 Å². The Morgan fingerprint density at radius 2 is 2.00 bits per heavy atom. The first-order valence-electron chi connectivity index (χ1n) is 6.99. The monoisotopic (exact) mass is 296 g/mol. The lowest BCUT2D eigenvalue weighted by molar-refractivity contribution is 0.350.